The lowest BCUT2D eigenvalue weighted by atomic mass is 9.83. The molecule has 50 heavy (non-hydrogen) atoms. The van der Waals surface area contributed by atoms with Crippen LogP contribution < -0.4 is 15.0 Å². The summed E-state index contributed by atoms with van der Waals surface area (Å²) >= 11 is 0. The molecule has 2 aliphatic rings. The number of carbonyl (C=O) groups is 1. The van der Waals surface area contributed by atoms with E-state index in [4.69, 9.17) is 23.7 Å². The molecule has 0 spiro atoms. The summed E-state index contributed by atoms with van der Waals surface area (Å²) in [5.74, 6) is 0.461. The first-order chi connectivity index (χ1) is 24.2. The van der Waals surface area contributed by atoms with E-state index in [2.05, 4.69) is 28.4 Å². The standard InChI is InChI=1S/C38H51N3O8S/c1-28-6-13-33(14-7-28)50(43,44)41-25-37(49-27-30-10-15-36-35(22-30)40(17-19-48-36)16-5-18-45-3)34(23-32(41)24-38(42)39-2)31-11-8-29(9-12-31)26-47-21-20-46-4/h6-15,22,32,34,37H,5,16-21,23-27H2,1-4H3,(H,39,42)/t32-,34-,37+/m1/s1. The number of methoxy groups -OCH3 is 2. The summed E-state index contributed by atoms with van der Waals surface area (Å²) in [6.07, 6.45) is 0.879. The molecule has 0 radical (unpaired) electrons. The highest BCUT2D eigenvalue weighted by Crippen LogP contribution is 2.39. The highest BCUT2D eigenvalue weighted by Gasteiger charge is 2.43. The lowest BCUT2D eigenvalue weighted by molar-refractivity contribution is -0.122. The number of aryl methyl sites for hydroxylation is 1. The van der Waals surface area contributed by atoms with Gasteiger partial charge in [0.15, 0.2) is 0 Å². The van der Waals surface area contributed by atoms with Crippen molar-refractivity contribution in [1.82, 2.24) is 9.62 Å². The fraction of sp³-hybridized carbons (Fsp3) is 0.500. The number of hydrogen-bond acceptors (Lipinski definition) is 9. The van der Waals surface area contributed by atoms with Gasteiger partial charge in [-0.1, -0.05) is 48.0 Å². The van der Waals surface area contributed by atoms with Crippen molar-refractivity contribution in [2.45, 2.75) is 62.4 Å². The minimum absolute atomic E-state index is 0.0416. The van der Waals surface area contributed by atoms with Crippen LogP contribution in [-0.4, -0.2) is 98.1 Å². The monoisotopic (exact) mass is 709 g/mol. The Balaban J connectivity index is 1.43. The van der Waals surface area contributed by atoms with Crippen molar-refractivity contribution in [2.75, 3.05) is 72.2 Å². The summed E-state index contributed by atoms with van der Waals surface area (Å²) in [4.78, 5) is 15.3. The zero-order valence-corrected chi connectivity index (χ0v) is 30.5. The molecule has 0 saturated carbocycles. The van der Waals surface area contributed by atoms with Crippen LogP contribution in [0.1, 0.15) is 47.4 Å². The van der Waals surface area contributed by atoms with Gasteiger partial charge in [-0.25, -0.2) is 8.42 Å². The molecule has 5 rings (SSSR count). The van der Waals surface area contributed by atoms with Crippen molar-refractivity contribution < 1.29 is 36.9 Å². The predicted octanol–water partition coefficient (Wildman–Crippen LogP) is 4.66. The molecule has 1 saturated heterocycles. The summed E-state index contributed by atoms with van der Waals surface area (Å²) in [7, 11) is 0.984. The summed E-state index contributed by atoms with van der Waals surface area (Å²) in [6.45, 7) is 6.74. The first-order valence-electron chi connectivity index (χ1n) is 17.3. The molecule has 2 heterocycles. The number of amides is 1. The summed E-state index contributed by atoms with van der Waals surface area (Å²) < 4.78 is 58.7. The minimum Gasteiger partial charge on any atom is -0.490 e. The third-order valence-electron chi connectivity index (χ3n) is 9.40. The largest absolute Gasteiger partial charge is 0.490 e. The molecule has 0 unspecified atom stereocenters. The van der Waals surface area contributed by atoms with E-state index >= 15 is 0 Å². The fourth-order valence-corrected chi connectivity index (χ4v) is 8.26. The van der Waals surface area contributed by atoms with Crippen LogP contribution in [0.5, 0.6) is 5.75 Å². The molecule has 3 atom stereocenters. The van der Waals surface area contributed by atoms with Crippen molar-refractivity contribution in [3.8, 4) is 5.75 Å². The average molecular weight is 710 g/mol. The van der Waals surface area contributed by atoms with Gasteiger partial charge in [0.1, 0.15) is 12.4 Å². The third kappa shape index (κ3) is 9.62. The number of piperidine rings is 1. The van der Waals surface area contributed by atoms with Crippen LogP contribution in [0.3, 0.4) is 0 Å². The first kappa shape index (κ1) is 37.7. The van der Waals surface area contributed by atoms with Gasteiger partial charge in [0.05, 0.1) is 49.7 Å². The molecular formula is C38H51N3O8S. The topological polar surface area (TPSA) is 116 Å². The van der Waals surface area contributed by atoms with Gasteiger partial charge in [0.25, 0.3) is 0 Å². The van der Waals surface area contributed by atoms with Crippen LogP contribution in [-0.2, 0) is 47.0 Å². The van der Waals surface area contributed by atoms with E-state index in [0.717, 1.165) is 53.2 Å². The smallest absolute Gasteiger partial charge is 0.243 e. The number of anilines is 1. The Hall–Kier alpha value is -3.52. The van der Waals surface area contributed by atoms with Gasteiger partial charge in [0, 0.05) is 59.3 Å². The fourth-order valence-electron chi connectivity index (χ4n) is 6.61. The van der Waals surface area contributed by atoms with Gasteiger partial charge < -0.3 is 33.9 Å². The molecule has 3 aromatic carbocycles. The minimum atomic E-state index is -3.94. The van der Waals surface area contributed by atoms with Crippen LogP contribution in [0, 0.1) is 6.92 Å². The second-order valence-corrected chi connectivity index (χ2v) is 14.8. The molecule has 0 bridgehead atoms. The second kappa shape index (κ2) is 18.1. The average Bonchev–Trinajstić information content (AvgIpc) is 3.13. The Bertz CT molecular complexity index is 1630. The Morgan fingerprint density at radius 3 is 2.40 bits per heavy atom. The van der Waals surface area contributed by atoms with Crippen molar-refractivity contribution in [2.24, 2.45) is 0 Å². The SMILES string of the molecule is CNC(=O)C[C@H]1C[C@H](c2ccc(COCCOC)cc2)[C@@H](OCc2ccc3c(c2)N(CCCOC)CCO3)CN1S(=O)(=O)c1ccc(C)cc1. The van der Waals surface area contributed by atoms with E-state index in [1.807, 2.05) is 31.2 Å². The zero-order valence-electron chi connectivity index (χ0n) is 29.6. The molecule has 2 aliphatic heterocycles. The van der Waals surface area contributed by atoms with Gasteiger partial charge in [0.2, 0.25) is 15.9 Å². The van der Waals surface area contributed by atoms with Gasteiger partial charge >= 0.3 is 0 Å². The van der Waals surface area contributed by atoms with E-state index in [-0.39, 0.29) is 36.3 Å². The molecule has 3 aromatic rings. The number of rotatable bonds is 17. The number of fused-ring (bicyclic) bond motifs is 1. The molecule has 1 N–H and O–H groups in total. The molecule has 1 amide bonds. The number of nitrogens with one attached hydrogen (secondary N) is 1. The third-order valence-corrected chi connectivity index (χ3v) is 11.3. The van der Waals surface area contributed by atoms with E-state index in [9.17, 15) is 13.2 Å². The maximum atomic E-state index is 14.2. The predicted molar refractivity (Wildman–Crippen MR) is 192 cm³/mol. The highest BCUT2D eigenvalue weighted by atomic mass is 32.2. The normalized spacial score (nSPS) is 19.5. The Labute approximate surface area is 296 Å². The molecule has 1 fully saturated rings. The maximum absolute atomic E-state index is 14.2. The molecule has 11 nitrogen and oxygen atoms in total. The van der Waals surface area contributed by atoms with Crippen LogP contribution in [0.25, 0.3) is 0 Å². The van der Waals surface area contributed by atoms with E-state index in [0.29, 0.717) is 39.5 Å². The van der Waals surface area contributed by atoms with Gasteiger partial charge in [-0.05, 0) is 60.7 Å². The lowest BCUT2D eigenvalue weighted by Crippen LogP contribution is -2.53. The van der Waals surface area contributed by atoms with Crippen molar-refractivity contribution in [3.63, 3.8) is 0 Å². The van der Waals surface area contributed by atoms with Gasteiger partial charge in [-0.3, -0.25) is 4.79 Å². The number of nitrogens with zero attached hydrogens (tertiary/aromatic N) is 2. The van der Waals surface area contributed by atoms with Crippen LogP contribution >= 0.6 is 0 Å². The van der Waals surface area contributed by atoms with Crippen molar-refractivity contribution in [3.05, 3.63) is 89.0 Å². The summed E-state index contributed by atoms with van der Waals surface area (Å²) in [5, 5.41) is 2.69. The van der Waals surface area contributed by atoms with E-state index < -0.39 is 22.2 Å². The van der Waals surface area contributed by atoms with Crippen molar-refractivity contribution >= 4 is 21.6 Å². The Kier molecular flexibility index (Phi) is 13.7. The van der Waals surface area contributed by atoms with Crippen LogP contribution in [0.2, 0.25) is 0 Å². The molecule has 0 aliphatic carbocycles. The number of ether oxygens (including phenoxy) is 5. The number of carbonyl (C=O) groups excluding carboxylic acids is 1. The Morgan fingerprint density at radius 1 is 0.940 bits per heavy atom. The highest BCUT2D eigenvalue weighted by molar-refractivity contribution is 7.89. The number of sulfonamides is 1. The van der Waals surface area contributed by atoms with Crippen LogP contribution in [0.4, 0.5) is 5.69 Å². The van der Waals surface area contributed by atoms with E-state index in [1.165, 1.54) is 4.31 Å². The quantitative estimate of drug-likeness (QED) is 0.200. The number of benzene rings is 3. The molecule has 0 aromatic heterocycles. The number of hydrogen-bond donors (Lipinski definition) is 1. The van der Waals surface area contributed by atoms with Crippen LogP contribution in [0.15, 0.2) is 71.6 Å². The van der Waals surface area contributed by atoms with E-state index in [1.54, 1.807) is 45.5 Å². The first-order valence-corrected chi connectivity index (χ1v) is 18.7. The second-order valence-electron chi connectivity index (χ2n) is 12.9. The van der Waals surface area contributed by atoms with Crippen molar-refractivity contribution in [1.29, 1.82) is 0 Å². The molecule has 12 heteroatoms. The van der Waals surface area contributed by atoms with Gasteiger partial charge in [-0.15, -0.1) is 0 Å². The molecule has 272 valence electrons. The van der Waals surface area contributed by atoms with Gasteiger partial charge in [-0.2, -0.15) is 4.31 Å². The Morgan fingerprint density at radius 2 is 1.68 bits per heavy atom. The maximum Gasteiger partial charge on any atom is 0.243 e. The summed E-state index contributed by atoms with van der Waals surface area (Å²) in [5.41, 5.74) is 4.99. The molecular weight excluding hydrogens is 658 g/mol. The lowest BCUT2D eigenvalue weighted by Gasteiger charge is -2.43. The summed E-state index contributed by atoms with van der Waals surface area (Å²) in [6, 6.07) is 20.6. The zero-order chi connectivity index (χ0) is 35.5.